The van der Waals surface area contributed by atoms with Gasteiger partial charge < -0.3 is 24.4 Å². The SMILES string of the molecule is C=C/C(=C\C=C(/COC)OC)c1c(C)nc2c(N3CCC(NC(=O)Oc4cccc(C)c4)C3)cc(C)nn12. The first-order valence-electron chi connectivity index (χ1n) is 12.6. The van der Waals surface area contributed by atoms with Crippen LogP contribution in [0.1, 0.15) is 29.1 Å². The number of anilines is 1. The monoisotopic (exact) mass is 517 g/mol. The Morgan fingerprint density at radius 2 is 2.03 bits per heavy atom. The molecular formula is C29H35N5O4. The summed E-state index contributed by atoms with van der Waals surface area (Å²) in [7, 11) is 3.24. The number of benzene rings is 1. The van der Waals surface area contributed by atoms with Gasteiger partial charge in [-0.05, 0) is 63.1 Å². The summed E-state index contributed by atoms with van der Waals surface area (Å²) in [6.07, 6.45) is 5.93. The van der Waals surface area contributed by atoms with Crippen molar-refractivity contribution in [1.82, 2.24) is 19.9 Å². The summed E-state index contributed by atoms with van der Waals surface area (Å²) in [6.45, 7) is 11.7. The Labute approximate surface area is 223 Å². The van der Waals surface area contributed by atoms with Crippen molar-refractivity contribution in [2.75, 3.05) is 38.8 Å². The number of aryl methyl sites for hydroxylation is 3. The number of amides is 1. The Kier molecular flexibility index (Phi) is 8.48. The number of carbonyl (C=O) groups is 1. The maximum absolute atomic E-state index is 12.5. The summed E-state index contributed by atoms with van der Waals surface area (Å²) in [5, 5.41) is 7.77. The number of hydrogen-bond acceptors (Lipinski definition) is 7. The third kappa shape index (κ3) is 6.06. The molecule has 9 heteroatoms. The zero-order chi connectivity index (χ0) is 27.2. The molecule has 1 N–H and O–H groups in total. The maximum atomic E-state index is 12.5. The van der Waals surface area contributed by atoms with Crippen molar-refractivity contribution >= 4 is 23.0 Å². The number of nitrogens with one attached hydrogen (secondary N) is 1. The molecule has 38 heavy (non-hydrogen) atoms. The smallest absolute Gasteiger partial charge is 0.412 e. The molecule has 1 saturated heterocycles. The topological polar surface area (TPSA) is 90.2 Å². The fourth-order valence-electron chi connectivity index (χ4n) is 4.62. The van der Waals surface area contributed by atoms with Crippen molar-refractivity contribution in [2.45, 2.75) is 33.2 Å². The molecule has 1 aliphatic heterocycles. The van der Waals surface area contributed by atoms with Gasteiger partial charge >= 0.3 is 6.09 Å². The average Bonchev–Trinajstić information content (AvgIpc) is 3.47. The van der Waals surface area contributed by atoms with Gasteiger partial charge in [0.15, 0.2) is 5.65 Å². The lowest BCUT2D eigenvalue weighted by Gasteiger charge is -2.20. The lowest BCUT2D eigenvalue weighted by Crippen LogP contribution is -2.38. The minimum atomic E-state index is -0.449. The molecule has 1 aromatic carbocycles. The van der Waals surface area contributed by atoms with Crippen molar-refractivity contribution in [3.05, 3.63) is 83.5 Å². The fraction of sp³-hybridized carbons (Fsp3) is 0.345. The first-order valence-corrected chi connectivity index (χ1v) is 12.6. The van der Waals surface area contributed by atoms with Crippen LogP contribution in [0.3, 0.4) is 0 Å². The van der Waals surface area contributed by atoms with Crippen LogP contribution in [0, 0.1) is 20.8 Å². The van der Waals surface area contributed by atoms with Gasteiger partial charge in [0.2, 0.25) is 0 Å². The lowest BCUT2D eigenvalue weighted by molar-refractivity contribution is 0.159. The van der Waals surface area contributed by atoms with Crippen LogP contribution in [0.15, 0.2) is 60.9 Å². The van der Waals surface area contributed by atoms with Gasteiger partial charge in [0.1, 0.15) is 18.1 Å². The van der Waals surface area contributed by atoms with E-state index in [1.54, 1.807) is 26.4 Å². The Bertz CT molecular complexity index is 1390. The summed E-state index contributed by atoms with van der Waals surface area (Å²) in [5.41, 5.74) is 6.19. The Morgan fingerprint density at radius 3 is 2.74 bits per heavy atom. The zero-order valence-electron chi connectivity index (χ0n) is 22.7. The molecule has 0 radical (unpaired) electrons. The number of rotatable bonds is 9. The second-order valence-corrected chi connectivity index (χ2v) is 9.33. The highest BCUT2D eigenvalue weighted by molar-refractivity contribution is 5.79. The third-order valence-corrected chi connectivity index (χ3v) is 6.40. The van der Waals surface area contributed by atoms with Crippen LogP contribution in [0.25, 0.3) is 11.2 Å². The van der Waals surface area contributed by atoms with Crippen LogP contribution in [-0.2, 0) is 9.47 Å². The van der Waals surface area contributed by atoms with E-state index in [1.165, 1.54) is 0 Å². The van der Waals surface area contributed by atoms with E-state index in [0.29, 0.717) is 24.7 Å². The van der Waals surface area contributed by atoms with Crippen molar-refractivity contribution in [3.8, 4) is 5.75 Å². The highest BCUT2D eigenvalue weighted by Crippen LogP contribution is 2.30. The van der Waals surface area contributed by atoms with Gasteiger partial charge in [-0.25, -0.2) is 14.3 Å². The summed E-state index contributed by atoms with van der Waals surface area (Å²) >= 11 is 0. The quantitative estimate of drug-likeness (QED) is 0.323. The summed E-state index contributed by atoms with van der Waals surface area (Å²) in [4.78, 5) is 19.6. The highest BCUT2D eigenvalue weighted by Gasteiger charge is 2.28. The van der Waals surface area contributed by atoms with Gasteiger partial charge in [0, 0.05) is 25.8 Å². The van der Waals surface area contributed by atoms with Gasteiger partial charge in [-0.15, -0.1) is 0 Å². The predicted octanol–water partition coefficient (Wildman–Crippen LogP) is 4.77. The largest absolute Gasteiger partial charge is 0.499 e. The van der Waals surface area contributed by atoms with Gasteiger partial charge in [-0.3, -0.25) is 0 Å². The van der Waals surface area contributed by atoms with E-state index >= 15 is 0 Å². The van der Waals surface area contributed by atoms with Crippen LogP contribution in [0.2, 0.25) is 0 Å². The molecule has 0 spiro atoms. The van der Waals surface area contributed by atoms with Crippen LogP contribution < -0.4 is 15.0 Å². The zero-order valence-corrected chi connectivity index (χ0v) is 22.7. The Hall–Kier alpha value is -4.11. The lowest BCUT2D eigenvalue weighted by atomic mass is 10.1. The van der Waals surface area contributed by atoms with E-state index in [0.717, 1.165) is 52.5 Å². The molecule has 1 fully saturated rings. The highest BCUT2D eigenvalue weighted by atomic mass is 16.6. The van der Waals surface area contributed by atoms with E-state index in [2.05, 4.69) is 16.8 Å². The number of nitrogens with zero attached hydrogens (tertiary/aromatic N) is 4. The maximum Gasteiger partial charge on any atom is 0.412 e. The molecule has 1 atom stereocenters. The summed E-state index contributed by atoms with van der Waals surface area (Å²) in [5.74, 6) is 1.23. The van der Waals surface area contributed by atoms with E-state index in [4.69, 9.17) is 24.3 Å². The minimum Gasteiger partial charge on any atom is -0.499 e. The first kappa shape index (κ1) is 26.9. The number of carbonyl (C=O) groups excluding carboxylic acids is 1. The second-order valence-electron chi connectivity index (χ2n) is 9.33. The number of fused-ring (bicyclic) bond motifs is 1. The van der Waals surface area contributed by atoms with Crippen molar-refractivity contribution in [3.63, 3.8) is 0 Å². The first-order chi connectivity index (χ1) is 18.3. The number of ether oxygens (including phenoxy) is 3. The van der Waals surface area contributed by atoms with Gasteiger partial charge in [0.05, 0.1) is 35.9 Å². The molecule has 1 amide bonds. The van der Waals surface area contributed by atoms with Crippen molar-refractivity contribution < 1.29 is 19.0 Å². The third-order valence-electron chi connectivity index (χ3n) is 6.40. The molecule has 2 aromatic heterocycles. The van der Waals surface area contributed by atoms with Gasteiger partial charge in [-0.2, -0.15) is 5.10 Å². The van der Waals surface area contributed by atoms with Crippen LogP contribution in [0.5, 0.6) is 5.75 Å². The van der Waals surface area contributed by atoms with Crippen LogP contribution in [0.4, 0.5) is 10.5 Å². The van der Waals surface area contributed by atoms with Crippen LogP contribution >= 0.6 is 0 Å². The van der Waals surface area contributed by atoms with Crippen LogP contribution in [-0.4, -0.2) is 60.6 Å². The predicted molar refractivity (Wildman–Crippen MR) is 149 cm³/mol. The van der Waals surface area contributed by atoms with Crippen molar-refractivity contribution in [2.24, 2.45) is 0 Å². The van der Waals surface area contributed by atoms with E-state index in [9.17, 15) is 4.79 Å². The summed E-state index contributed by atoms with van der Waals surface area (Å²) in [6, 6.07) is 9.44. The Balaban J connectivity index is 1.57. The number of aromatic nitrogens is 3. The molecule has 3 heterocycles. The number of imidazole rings is 1. The summed E-state index contributed by atoms with van der Waals surface area (Å²) < 4.78 is 17.9. The number of allylic oxidation sites excluding steroid dienone is 4. The molecule has 1 aliphatic rings. The minimum absolute atomic E-state index is 0.0432. The molecule has 9 nitrogen and oxygen atoms in total. The van der Waals surface area contributed by atoms with Gasteiger partial charge in [0.25, 0.3) is 0 Å². The molecule has 200 valence electrons. The van der Waals surface area contributed by atoms with E-state index in [-0.39, 0.29) is 6.04 Å². The molecule has 1 unspecified atom stereocenters. The van der Waals surface area contributed by atoms with E-state index in [1.807, 2.05) is 61.7 Å². The van der Waals surface area contributed by atoms with E-state index < -0.39 is 6.09 Å². The molecule has 3 aromatic rings. The molecular weight excluding hydrogens is 482 g/mol. The fourth-order valence-corrected chi connectivity index (χ4v) is 4.62. The molecule has 4 rings (SSSR count). The molecule has 0 bridgehead atoms. The number of methoxy groups -OCH3 is 2. The molecule has 0 aliphatic carbocycles. The average molecular weight is 518 g/mol. The molecule has 0 saturated carbocycles. The van der Waals surface area contributed by atoms with Crippen molar-refractivity contribution in [1.29, 1.82) is 0 Å². The second kappa shape index (κ2) is 12.0. The Morgan fingerprint density at radius 1 is 1.21 bits per heavy atom. The number of hydrogen-bond donors (Lipinski definition) is 1. The normalized spacial score (nSPS) is 16.1. The van der Waals surface area contributed by atoms with Gasteiger partial charge in [-0.1, -0.05) is 24.8 Å². The standard InChI is InChI=1S/C29H35N5O4/c1-7-22(11-12-25(37-6)18-36-5)27-21(4)30-28-26(16-20(3)32-34(27)28)33-14-13-23(17-33)31-29(35)38-24-10-8-9-19(2)15-24/h7-12,15-16,23H,1,13-14,17-18H2,2-6H3,(H,31,35)/b22-11+,25-12+.